The van der Waals surface area contributed by atoms with Crippen molar-refractivity contribution in [2.75, 3.05) is 7.11 Å². The van der Waals surface area contributed by atoms with Crippen molar-refractivity contribution in [2.45, 2.75) is 38.5 Å². The molecule has 1 saturated carbocycles. The number of rotatable bonds is 4. The molecule has 0 saturated heterocycles. The van der Waals surface area contributed by atoms with Crippen molar-refractivity contribution in [3.8, 4) is 0 Å². The summed E-state index contributed by atoms with van der Waals surface area (Å²) in [6.07, 6.45) is 6.66. The van der Waals surface area contributed by atoms with E-state index in [1.54, 1.807) is 0 Å². The Morgan fingerprint density at radius 2 is 2.00 bits per heavy atom. The van der Waals surface area contributed by atoms with Crippen molar-refractivity contribution in [1.29, 1.82) is 0 Å². The minimum absolute atomic E-state index is 0.123. The first-order chi connectivity index (χ1) is 6.76. The van der Waals surface area contributed by atoms with Crippen molar-refractivity contribution < 1.29 is 14.3 Å². The average molecular weight is 198 g/mol. The highest BCUT2D eigenvalue weighted by Crippen LogP contribution is 2.30. The van der Waals surface area contributed by atoms with Gasteiger partial charge >= 0.3 is 5.97 Å². The number of carbonyl (C=O) groups is 2. The predicted molar refractivity (Wildman–Crippen MR) is 52.8 cm³/mol. The lowest BCUT2D eigenvalue weighted by molar-refractivity contribution is -0.141. The van der Waals surface area contributed by atoms with Crippen molar-refractivity contribution in [1.82, 2.24) is 0 Å². The molecule has 80 valence electrons. The van der Waals surface area contributed by atoms with Gasteiger partial charge in [-0.2, -0.15) is 0 Å². The van der Waals surface area contributed by atoms with Gasteiger partial charge in [-0.1, -0.05) is 0 Å². The van der Waals surface area contributed by atoms with Crippen LogP contribution in [0.25, 0.3) is 0 Å². The molecule has 14 heavy (non-hydrogen) atoms. The van der Waals surface area contributed by atoms with Gasteiger partial charge in [0.2, 0.25) is 0 Å². The third-order valence-electron chi connectivity index (χ3n) is 3.07. The molecule has 0 aromatic heterocycles. The molecule has 3 nitrogen and oxygen atoms in total. The van der Waals surface area contributed by atoms with Gasteiger partial charge in [-0.25, -0.2) is 0 Å². The van der Waals surface area contributed by atoms with E-state index in [1.165, 1.54) is 7.11 Å². The zero-order valence-electron chi connectivity index (χ0n) is 8.70. The molecular formula is C11H18O3. The Morgan fingerprint density at radius 1 is 1.36 bits per heavy atom. The molecule has 0 aromatic carbocycles. The summed E-state index contributed by atoms with van der Waals surface area (Å²) in [6.45, 7) is 0. The Balaban J connectivity index is 2.16. The summed E-state index contributed by atoms with van der Waals surface area (Å²) in [5, 5.41) is 0. The van der Waals surface area contributed by atoms with E-state index in [-0.39, 0.29) is 11.9 Å². The van der Waals surface area contributed by atoms with Crippen LogP contribution in [0.4, 0.5) is 0 Å². The fourth-order valence-electron chi connectivity index (χ4n) is 2.04. The van der Waals surface area contributed by atoms with Crippen molar-refractivity contribution >= 4 is 12.3 Å². The summed E-state index contributed by atoms with van der Waals surface area (Å²) in [4.78, 5) is 21.4. The van der Waals surface area contributed by atoms with Crippen LogP contribution in [0.1, 0.15) is 38.5 Å². The third-order valence-corrected chi connectivity index (χ3v) is 3.07. The second kappa shape index (κ2) is 5.78. The second-order valence-corrected chi connectivity index (χ2v) is 4.03. The molecule has 0 aromatic rings. The van der Waals surface area contributed by atoms with Gasteiger partial charge in [0.25, 0.3) is 0 Å². The highest BCUT2D eigenvalue weighted by Gasteiger charge is 2.21. The molecule has 1 aliphatic rings. The lowest BCUT2D eigenvalue weighted by Gasteiger charge is -2.24. The normalized spacial score (nSPS) is 26.9. The smallest absolute Gasteiger partial charge is 0.305 e. The number of hydrogen-bond donors (Lipinski definition) is 0. The molecule has 1 fully saturated rings. The van der Waals surface area contributed by atoms with Crippen LogP contribution in [0.5, 0.6) is 0 Å². The largest absolute Gasteiger partial charge is 0.469 e. The standard InChI is InChI=1S/C11H18O3/c1-14-11(13)7-6-9-2-4-10(8-12)5-3-9/h8-10H,2-7H2,1H3. The van der Waals surface area contributed by atoms with E-state index in [9.17, 15) is 9.59 Å². The third kappa shape index (κ3) is 3.48. The first-order valence-corrected chi connectivity index (χ1v) is 5.28. The maximum atomic E-state index is 10.9. The summed E-state index contributed by atoms with van der Waals surface area (Å²) < 4.78 is 4.59. The molecule has 0 spiro atoms. The Kier molecular flexibility index (Phi) is 4.63. The molecule has 3 heteroatoms. The molecule has 0 amide bonds. The Hall–Kier alpha value is -0.860. The van der Waals surface area contributed by atoms with Gasteiger partial charge in [-0.05, 0) is 38.0 Å². The van der Waals surface area contributed by atoms with Crippen LogP contribution in [0, 0.1) is 11.8 Å². The zero-order chi connectivity index (χ0) is 10.4. The fourth-order valence-corrected chi connectivity index (χ4v) is 2.04. The van der Waals surface area contributed by atoms with Gasteiger partial charge in [0.15, 0.2) is 0 Å². The zero-order valence-corrected chi connectivity index (χ0v) is 8.70. The Bertz CT molecular complexity index is 193. The Morgan fingerprint density at radius 3 is 2.50 bits per heavy atom. The quantitative estimate of drug-likeness (QED) is 0.512. The first kappa shape index (κ1) is 11.2. The SMILES string of the molecule is COC(=O)CCC1CCC(C=O)CC1. The van der Waals surface area contributed by atoms with Crippen molar-refractivity contribution in [3.63, 3.8) is 0 Å². The molecule has 0 atom stereocenters. The van der Waals surface area contributed by atoms with E-state index in [4.69, 9.17) is 0 Å². The lowest BCUT2D eigenvalue weighted by atomic mass is 9.81. The molecular weight excluding hydrogens is 180 g/mol. The van der Waals surface area contributed by atoms with Crippen LogP contribution in [0.15, 0.2) is 0 Å². The summed E-state index contributed by atoms with van der Waals surface area (Å²) in [5.74, 6) is 0.761. The summed E-state index contributed by atoms with van der Waals surface area (Å²) in [7, 11) is 1.42. The molecule has 1 aliphatic carbocycles. The monoisotopic (exact) mass is 198 g/mol. The summed E-state index contributed by atoms with van der Waals surface area (Å²) >= 11 is 0. The second-order valence-electron chi connectivity index (χ2n) is 4.03. The van der Waals surface area contributed by atoms with Crippen LogP contribution in [0.3, 0.4) is 0 Å². The van der Waals surface area contributed by atoms with Gasteiger partial charge in [0.1, 0.15) is 6.29 Å². The predicted octanol–water partition coefficient (Wildman–Crippen LogP) is 1.94. The maximum Gasteiger partial charge on any atom is 0.305 e. The number of hydrogen-bond acceptors (Lipinski definition) is 3. The summed E-state index contributed by atoms with van der Waals surface area (Å²) in [5.41, 5.74) is 0. The highest BCUT2D eigenvalue weighted by molar-refractivity contribution is 5.69. The number of esters is 1. The minimum Gasteiger partial charge on any atom is -0.469 e. The van der Waals surface area contributed by atoms with Crippen molar-refractivity contribution in [3.05, 3.63) is 0 Å². The van der Waals surface area contributed by atoms with E-state index in [2.05, 4.69) is 4.74 Å². The molecule has 0 radical (unpaired) electrons. The number of carbonyl (C=O) groups excluding carboxylic acids is 2. The highest BCUT2D eigenvalue weighted by atomic mass is 16.5. The molecule has 0 aliphatic heterocycles. The first-order valence-electron chi connectivity index (χ1n) is 5.28. The number of ether oxygens (including phenoxy) is 1. The van der Waals surface area contributed by atoms with Gasteiger partial charge in [0, 0.05) is 12.3 Å². The van der Waals surface area contributed by atoms with Crippen LogP contribution in [-0.4, -0.2) is 19.4 Å². The lowest BCUT2D eigenvalue weighted by Crippen LogP contribution is -2.16. The Labute approximate surface area is 84.8 Å². The van der Waals surface area contributed by atoms with E-state index in [0.29, 0.717) is 12.3 Å². The molecule has 0 N–H and O–H groups in total. The van der Waals surface area contributed by atoms with Crippen molar-refractivity contribution in [2.24, 2.45) is 11.8 Å². The number of aldehydes is 1. The molecule has 0 heterocycles. The van der Waals surface area contributed by atoms with Crippen LogP contribution in [0.2, 0.25) is 0 Å². The van der Waals surface area contributed by atoms with Gasteiger partial charge in [-0.3, -0.25) is 4.79 Å². The molecule has 0 unspecified atom stereocenters. The topological polar surface area (TPSA) is 43.4 Å². The van der Waals surface area contributed by atoms with E-state index in [1.807, 2.05) is 0 Å². The summed E-state index contributed by atoms with van der Waals surface area (Å²) in [6, 6.07) is 0. The van der Waals surface area contributed by atoms with Crippen LogP contribution < -0.4 is 0 Å². The van der Waals surface area contributed by atoms with E-state index >= 15 is 0 Å². The van der Waals surface area contributed by atoms with Crippen LogP contribution in [-0.2, 0) is 14.3 Å². The van der Waals surface area contributed by atoms with Gasteiger partial charge < -0.3 is 9.53 Å². The van der Waals surface area contributed by atoms with Gasteiger partial charge in [-0.15, -0.1) is 0 Å². The number of methoxy groups -OCH3 is 1. The van der Waals surface area contributed by atoms with Crippen LogP contribution >= 0.6 is 0 Å². The van der Waals surface area contributed by atoms with Gasteiger partial charge in [0.05, 0.1) is 7.11 Å². The minimum atomic E-state index is -0.123. The molecule has 0 bridgehead atoms. The van der Waals surface area contributed by atoms with E-state index < -0.39 is 0 Å². The average Bonchev–Trinajstić information content (AvgIpc) is 2.26. The molecule has 1 rings (SSSR count). The fraction of sp³-hybridized carbons (Fsp3) is 0.818. The maximum absolute atomic E-state index is 10.9. The van der Waals surface area contributed by atoms with E-state index in [0.717, 1.165) is 38.4 Å².